The van der Waals surface area contributed by atoms with Gasteiger partial charge >= 0.3 is 16.3 Å². The van der Waals surface area contributed by atoms with Gasteiger partial charge < -0.3 is 32.5 Å². The third kappa shape index (κ3) is 5.89. The summed E-state index contributed by atoms with van der Waals surface area (Å²) in [6, 6.07) is -3.34. The second kappa shape index (κ2) is 11.4. The summed E-state index contributed by atoms with van der Waals surface area (Å²) in [6.45, 7) is -0.0534. The number of carboxylic acids is 1. The Labute approximate surface area is 231 Å². The van der Waals surface area contributed by atoms with E-state index in [1.807, 2.05) is 0 Å². The molecule has 1 aliphatic carbocycles. The molecule has 1 saturated heterocycles. The van der Waals surface area contributed by atoms with E-state index in [0.717, 1.165) is 16.1 Å². The van der Waals surface area contributed by atoms with Crippen molar-refractivity contribution in [2.75, 3.05) is 12.3 Å². The lowest BCUT2D eigenvalue weighted by Gasteiger charge is -2.43. The number of hydrogen-bond acceptors (Lipinski definition) is 14. The molecule has 3 heterocycles. The number of carbonyl (C=O) groups excluding carboxylic acids is 2. The molecular formula is C20H28N10O8S2. The van der Waals surface area contributed by atoms with Crippen LogP contribution in [0.2, 0.25) is 0 Å². The Morgan fingerprint density at radius 3 is 2.62 bits per heavy atom. The van der Waals surface area contributed by atoms with Crippen LogP contribution in [0.3, 0.4) is 0 Å². The highest BCUT2D eigenvalue weighted by molar-refractivity contribution is 7.84. The summed E-state index contributed by atoms with van der Waals surface area (Å²) in [4.78, 5) is 48.3. The number of thiazole rings is 1. The molecule has 2 fully saturated rings. The molecule has 3 atom stereocenters. The Morgan fingerprint density at radius 2 is 2.05 bits per heavy atom. The van der Waals surface area contributed by atoms with Gasteiger partial charge in [-0.05, 0) is 25.8 Å². The predicted octanol–water partition coefficient (Wildman–Crippen LogP) is -2.02. The number of carboxylic acid groups (broad SMARTS) is 1. The number of anilines is 1. The third-order valence-electron chi connectivity index (χ3n) is 6.56. The molecule has 4 rings (SSSR count). The number of nitrogens with one attached hydrogen (secondary N) is 1. The summed E-state index contributed by atoms with van der Waals surface area (Å²) in [7, 11) is -5.00. The van der Waals surface area contributed by atoms with Gasteiger partial charge in [0.15, 0.2) is 10.8 Å². The maximum atomic E-state index is 13.3. The number of amides is 2. The normalized spacial score (nSPS) is 21.6. The zero-order valence-electron chi connectivity index (χ0n) is 20.9. The maximum absolute atomic E-state index is 13.3. The first-order valence-electron chi connectivity index (χ1n) is 12.0. The molecule has 1 aliphatic heterocycles. The van der Waals surface area contributed by atoms with Crippen molar-refractivity contribution in [2.45, 2.75) is 62.4 Å². The average Bonchev–Trinajstić information content (AvgIpc) is 3.64. The van der Waals surface area contributed by atoms with Crippen LogP contribution in [0.25, 0.3) is 0 Å². The van der Waals surface area contributed by atoms with Gasteiger partial charge in [0.05, 0.1) is 24.5 Å². The Kier molecular flexibility index (Phi) is 8.35. The number of rotatable bonds is 12. The van der Waals surface area contributed by atoms with Crippen LogP contribution in [-0.4, -0.2) is 90.1 Å². The molecule has 0 radical (unpaired) electrons. The highest BCUT2D eigenvalue weighted by Crippen LogP contribution is 2.34. The number of β-lactam (4-membered cyclic amide) rings is 1. The first-order chi connectivity index (χ1) is 18.9. The fourth-order valence-electron chi connectivity index (χ4n) is 4.44. The number of oxime groups is 1. The lowest BCUT2D eigenvalue weighted by atomic mass is 9.98. The number of nitrogens with two attached hydrogens (primary N) is 3. The molecule has 0 bridgehead atoms. The number of carbonyl (C=O) groups is 3. The van der Waals surface area contributed by atoms with E-state index in [4.69, 9.17) is 22.0 Å². The van der Waals surface area contributed by atoms with Crippen molar-refractivity contribution in [3.63, 3.8) is 0 Å². The maximum Gasteiger partial charge on any atom is 0.362 e. The Bertz CT molecular complexity index is 1420. The number of aromatic nitrogens is 4. The second-order valence-corrected chi connectivity index (χ2v) is 11.4. The minimum Gasteiger partial charge on any atom is -0.478 e. The molecule has 2 aromatic heterocycles. The zero-order chi connectivity index (χ0) is 29.2. The van der Waals surface area contributed by atoms with Crippen LogP contribution >= 0.6 is 11.3 Å². The fourth-order valence-corrected chi connectivity index (χ4v) is 5.86. The molecule has 20 heteroatoms. The van der Waals surface area contributed by atoms with Crippen molar-refractivity contribution in [2.24, 2.45) is 16.6 Å². The van der Waals surface area contributed by atoms with Gasteiger partial charge in [0.25, 0.3) is 11.8 Å². The highest BCUT2D eigenvalue weighted by atomic mass is 32.2. The quantitative estimate of drug-likeness (QED) is 0.0664. The van der Waals surface area contributed by atoms with E-state index in [-0.39, 0.29) is 34.5 Å². The first kappa shape index (κ1) is 29.3. The highest BCUT2D eigenvalue weighted by Gasteiger charge is 2.55. The van der Waals surface area contributed by atoms with Crippen LogP contribution in [0.15, 0.2) is 16.7 Å². The molecule has 2 aliphatic rings. The molecule has 0 aromatic carbocycles. The van der Waals surface area contributed by atoms with Crippen molar-refractivity contribution in [3.8, 4) is 0 Å². The Morgan fingerprint density at radius 1 is 1.35 bits per heavy atom. The van der Waals surface area contributed by atoms with Crippen LogP contribution in [0.5, 0.6) is 0 Å². The van der Waals surface area contributed by atoms with Gasteiger partial charge in [-0.1, -0.05) is 5.16 Å². The number of hydrogen-bond donors (Lipinski definition) is 6. The van der Waals surface area contributed by atoms with E-state index in [9.17, 15) is 32.5 Å². The van der Waals surface area contributed by atoms with Crippen molar-refractivity contribution in [3.05, 3.63) is 23.0 Å². The van der Waals surface area contributed by atoms with Gasteiger partial charge in [0.2, 0.25) is 5.60 Å². The largest absolute Gasteiger partial charge is 0.478 e. The summed E-state index contributed by atoms with van der Waals surface area (Å²) in [5.74, 6) is -3.41. The zero-order valence-corrected chi connectivity index (χ0v) is 22.5. The number of nitrogens with zero attached hydrogens (tertiary/aromatic N) is 6. The SMILES string of the molecule is NCC[C@H](N)c1cnn(C[C@@H]2[C@H](NC(=O)/C(=N\OC3(C(=O)O)CCCC3)c3csc(N)n3)C(=O)N2S(=O)(=O)O)n1. The Hall–Kier alpha value is -3.72. The number of aliphatic carboxylic acids is 1. The summed E-state index contributed by atoms with van der Waals surface area (Å²) >= 11 is 0.975. The lowest BCUT2D eigenvalue weighted by Crippen LogP contribution is -2.73. The molecule has 0 unspecified atom stereocenters. The molecule has 18 nitrogen and oxygen atoms in total. The third-order valence-corrected chi connectivity index (χ3v) is 8.18. The van der Waals surface area contributed by atoms with E-state index >= 15 is 0 Å². The molecule has 0 spiro atoms. The summed E-state index contributed by atoms with van der Waals surface area (Å²) in [6.07, 6.45) is 3.25. The van der Waals surface area contributed by atoms with Crippen LogP contribution < -0.4 is 22.5 Å². The molecule has 1 saturated carbocycles. The molecule has 40 heavy (non-hydrogen) atoms. The number of nitrogen functional groups attached to an aromatic ring is 1. The first-order valence-corrected chi connectivity index (χ1v) is 14.3. The van der Waals surface area contributed by atoms with Crippen molar-refractivity contribution in [1.29, 1.82) is 0 Å². The van der Waals surface area contributed by atoms with Gasteiger partial charge in [-0.2, -0.15) is 23.4 Å². The smallest absolute Gasteiger partial charge is 0.362 e. The van der Waals surface area contributed by atoms with Crippen LogP contribution in [-0.2, 0) is 36.1 Å². The summed E-state index contributed by atoms with van der Waals surface area (Å²) in [5.41, 5.74) is 15.3. The van der Waals surface area contributed by atoms with Gasteiger partial charge in [-0.3, -0.25) is 14.1 Å². The van der Waals surface area contributed by atoms with Crippen LogP contribution in [0, 0.1) is 0 Å². The topological polar surface area (TPSA) is 284 Å². The second-order valence-electron chi connectivity index (χ2n) is 9.25. The van der Waals surface area contributed by atoms with Crippen molar-refractivity contribution in [1.82, 2.24) is 29.6 Å². The lowest BCUT2D eigenvalue weighted by molar-refractivity contribution is -0.165. The van der Waals surface area contributed by atoms with E-state index in [1.54, 1.807) is 0 Å². The fraction of sp³-hybridized carbons (Fsp3) is 0.550. The van der Waals surface area contributed by atoms with Crippen LogP contribution in [0.1, 0.15) is 49.5 Å². The molecule has 9 N–H and O–H groups in total. The molecule has 2 amide bonds. The molecule has 2 aromatic rings. The molecular weight excluding hydrogens is 572 g/mol. The summed E-state index contributed by atoms with van der Waals surface area (Å²) in [5, 5.41) is 25.5. The average molecular weight is 601 g/mol. The standard InChI is InChI=1S/C20H28N10O8S2/c21-6-3-10(22)11-7-24-29(27-11)8-13-15(17(32)30(13)40(35,36)37)26-16(31)14(12-9-39-19(23)25-12)28-38-20(18(33)34)4-1-2-5-20/h7,9-10,13,15H,1-6,8,21-22H2,(H2,23,25)(H,26,31)(H,33,34)(H,35,36,37)/b28-14-/t10-,13+,15-/m0/s1. The van der Waals surface area contributed by atoms with Gasteiger partial charge in [-0.25, -0.2) is 14.1 Å². The van der Waals surface area contributed by atoms with Gasteiger partial charge in [0, 0.05) is 18.2 Å². The predicted molar refractivity (Wildman–Crippen MR) is 138 cm³/mol. The molecule has 218 valence electrons. The summed E-state index contributed by atoms with van der Waals surface area (Å²) < 4.78 is 33.6. The van der Waals surface area contributed by atoms with E-state index in [0.29, 0.717) is 31.5 Å². The monoisotopic (exact) mass is 600 g/mol. The minimum absolute atomic E-state index is 0.0548. The van der Waals surface area contributed by atoms with E-state index in [2.05, 4.69) is 25.7 Å². The van der Waals surface area contributed by atoms with Crippen molar-refractivity contribution >= 4 is 50.3 Å². The van der Waals surface area contributed by atoms with Gasteiger partial charge in [0.1, 0.15) is 17.8 Å². The Balaban J connectivity index is 1.59. The van der Waals surface area contributed by atoms with Crippen LogP contribution in [0.4, 0.5) is 5.13 Å². The minimum atomic E-state index is -5.00. The van der Waals surface area contributed by atoms with E-state index in [1.165, 1.54) is 11.6 Å². The van der Waals surface area contributed by atoms with E-state index < -0.39 is 57.5 Å². The van der Waals surface area contributed by atoms with Crippen molar-refractivity contribution < 1.29 is 37.3 Å². The van der Waals surface area contributed by atoms with Gasteiger partial charge in [-0.15, -0.1) is 11.3 Å².